The van der Waals surface area contributed by atoms with Gasteiger partial charge in [0.1, 0.15) is 0 Å². The number of ether oxygens (including phenoxy) is 1. The molecule has 3 heteroatoms. The van der Waals surface area contributed by atoms with Crippen molar-refractivity contribution in [2.75, 3.05) is 13.7 Å². The van der Waals surface area contributed by atoms with E-state index in [0.717, 1.165) is 24.7 Å². The van der Waals surface area contributed by atoms with E-state index in [1.54, 1.807) is 7.11 Å². The van der Waals surface area contributed by atoms with E-state index in [1.807, 2.05) is 18.2 Å². The van der Waals surface area contributed by atoms with Crippen molar-refractivity contribution in [2.45, 2.75) is 25.8 Å². The highest BCUT2D eigenvalue weighted by Crippen LogP contribution is 2.25. The highest BCUT2D eigenvalue weighted by Gasteiger charge is 2.16. The van der Waals surface area contributed by atoms with Gasteiger partial charge in [0.05, 0.1) is 12.8 Å². The van der Waals surface area contributed by atoms with Gasteiger partial charge in [-0.05, 0) is 31.4 Å². The fraction of sp³-hybridized carbons (Fsp3) is 0.583. The van der Waals surface area contributed by atoms with Crippen LogP contribution in [0.1, 0.15) is 25.0 Å². The second-order valence-corrected chi connectivity index (χ2v) is 4.10. The fourth-order valence-corrected chi connectivity index (χ4v) is 1.77. The Balaban J connectivity index is 1.76. The average molecular weight is 206 g/mol. The molecule has 1 aliphatic carbocycles. The van der Waals surface area contributed by atoms with Crippen LogP contribution in [-0.4, -0.2) is 18.6 Å². The molecule has 1 aromatic heterocycles. The first-order valence-corrected chi connectivity index (χ1v) is 5.59. The molecule has 2 rings (SSSR count). The Labute approximate surface area is 90.9 Å². The number of pyridine rings is 1. The van der Waals surface area contributed by atoms with E-state index >= 15 is 0 Å². The van der Waals surface area contributed by atoms with Crippen LogP contribution >= 0.6 is 0 Å². The molecule has 1 fully saturated rings. The number of hydrogen-bond donors (Lipinski definition) is 1. The first-order chi connectivity index (χ1) is 7.38. The normalized spacial score (nSPS) is 16.1. The molecule has 0 bridgehead atoms. The van der Waals surface area contributed by atoms with Gasteiger partial charge in [-0.2, -0.15) is 0 Å². The van der Waals surface area contributed by atoms with Gasteiger partial charge >= 0.3 is 0 Å². The van der Waals surface area contributed by atoms with Gasteiger partial charge in [0.2, 0.25) is 5.88 Å². The third kappa shape index (κ3) is 2.93. The molecule has 0 aromatic carbocycles. The van der Waals surface area contributed by atoms with Crippen molar-refractivity contribution in [3.63, 3.8) is 0 Å². The third-order valence-corrected chi connectivity index (χ3v) is 2.95. The molecule has 3 nitrogen and oxygen atoms in total. The second-order valence-electron chi connectivity index (χ2n) is 4.10. The third-order valence-electron chi connectivity index (χ3n) is 2.95. The van der Waals surface area contributed by atoms with Crippen LogP contribution < -0.4 is 10.1 Å². The van der Waals surface area contributed by atoms with Crippen molar-refractivity contribution in [3.8, 4) is 5.88 Å². The number of rotatable bonds is 5. The molecule has 1 saturated carbocycles. The second kappa shape index (κ2) is 5.12. The zero-order valence-corrected chi connectivity index (χ0v) is 9.20. The van der Waals surface area contributed by atoms with Gasteiger partial charge in [-0.3, -0.25) is 0 Å². The molecule has 1 N–H and O–H groups in total. The summed E-state index contributed by atoms with van der Waals surface area (Å²) >= 11 is 0. The lowest BCUT2D eigenvalue weighted by Gasteiger charge is -2.25. The summed E-state index contributed by atoms with van der Waals surface area (Å²) < 4.78 is 5.08. The molecule has 0 aliphatic heterocycles. The SMILES string of the molecule is COc1cccc(CNCC2CCC2)n1. The molecule has 0 radical (unpaired) electrons. The maximum Gasteiger partial charge on any atom is 0.213 e. The smallest absolute Gasteiger partial charge is 0.213 e. The molecule has 0 unspecified atom stereocenters. The lowest BCUT2D eigenvalue weighted by molar-refractivity contribution is 0.300. The first-order valence-electron chi connectivity index (χ1n) is 5.59. The lowest BCUT2D eigenvalue weighted by atomic mass is 9.85. The molecule has 1 heterocycles. The summed E-state index contributed by atoms with van der Waals surface area (Å²) in [5.41, 5.74) is 1.05. The van der Waals surface area contributed by atoms with Gasteiger partial charge in [0.15, 0.2) is 0 Å². The van der Waals surface area contributed by atoms with Crippen LogP contribution in [0.25, 0.3) is 0 Å². The van der Waals surface area contributed by atoms with Crippen LogP contribution in [0, 0.1) is 5.92 Å². The molecular formula is C12H18N2O. The predicted molar refractivity (Wildman–Crippen MR) is 59.8 cm³/mol. The van der Waals surface area contributed by atoms with Crippen molar-refractivity contribution in [2.24, 2.45) is 5.92 Å². The maximum absolute atomic E-state index is 5.08. The van der Waals surface area contributed by atoms with Crippen LogP contribution in [0.2, 0.25) is 0 Å². The van der Waals surface area contributed by atoms with Crippen molar-refractivity contribution < 1.29 is 4.74 Å². The van der Waals surface area contributed by atoms with Gasteiger partial charge in [-0.15, -0.1) is 0 Å². The van der Waals surface area contributed by atoms with E-state index in [2.05, 4.69) is 10.3 Å². The zero-order chi connectivity index (χ0) is 10.5. The van der Waals surface area contributed by atoms with Crippen molar-refractivity contribution in [1.29, 1.82) is 0 Å². The van der Waals surface area contributed by atoms with Gasteiger partial charge in [-0.25, -0.2) is 4.98 Å². The van der Waals surface area contributed by atoms with Crippen LogP contribution in [0.3, 0.4) is 0 Å². The summed E-state index contributed by atoms with van der Waals surface area (Å²) in [7, 11) is 1.65. The summed E-state index contributed by atoms with van der Waals surface area (Å²) in [5.74, 6) is 1.59. The molecular weight excluding hydrogens is 188 g/mol. The van der Waals surface area contributed by atoms with E-state index in [9.17, 15) is 0 Å². The largest absolute Gasteiger partial charge is 0.481 e. The van der Waals surface area contributed by atoms with E-state index in [-0.39, 0.29) is 0 Å². The highest BCUT2D eigenvalue weighted by atomic mass is 16.5. The quantitative estimate of drug-likeness (QED) is 0.800. The molecule has 15 heavy (non-hydrogen) atoms. The van der Waals surface area contributed by atoms with E-state index < -0.39 is 0 Å². The Hall–Kier alpha value is -1.09. The van der Waals surface area contributed by atoms with Crippen molar-refractivity contribution in [3.05, 3.63) is 23.9 Å². The predicted octanol–water partition coefficient (Wildman–Crippen LogP) is 1.98. The highest BCUT2D eigenvalue weighted by molar-refractivity contribution is 5.15. The molecule has 82 valence electrons. The van der Waals surface area contributed by atoms with Gasteiger partial charge in [0.25, 0.3) is 0 Å². The van der Waals surface area contributed by atoms with Gasteiger partial charge in [-0.1, -0.05) is 12.5 Å². The molecule has 1 aromatic rings. The number of aromatic nitrogens is 1. The standard InChI is InChI=1S/C12H18N2O/c1-15-12-7-3-6-11(14-12)9-13-8-10-4-2-5-10/h3,6-7,10,13H,2,4-5,8-9H2,1H3. The van der Waals surface area contributed by atoms with Crippen LogP contribution in [0.4, 0.5) is 0 Å². The topological polar surface area (TPSA) is 34.1 Å². The summed E-state index contributed by atoms with van der Waals surface area (Å²) in [6.45, 7) is 1.96. The molecule has 1 aliphatic rings. The van der Waals surface area contributed by atoms with Gasteiger partial charge < -0.3 is 10.1 Å². The Morgan fingerprint density at radius 2 is 2.33 bits per heavy atom. The van der Waals surface area contributed by atoms with E-state index in [0.29, 0.717) is 5.88 Å². The average Bonchev–Trinajstić information content (AvgIpc) is 2.22. The van der Waals surface area contributed by atoms with E-state index in [1.165, 1.54) is 19.3 Å². The Morgan fingerprint density at radius 3 is 3.00 bits per heavy atom. The van der Waals surface area contributed by atoms with Crippen molar-refractivity contribution >= 4 is 0 Å². The van der Waals surface area contributed by atoms with Crippen LogP contribution in [0.15, 0.2) is 18.2 Å². The van der Waals surface area contributed by atoms with Crippen LogP contribution in [-0.2, 0) is 6.54 Å². The number of hydrogen-bond acceptors (Lipinski definition) is 3. The summed E-state index contributed by atoms with van der Waals surface area (Å²) in [4.78, 5) is 4.35. The minimum absolute atomic E-state index is 0.693. The Bertz CT molecular complexity index is 310. The molecule has 0 spiro atoms. The molecule has 0 amide bonds. The zero-order valence-electron chi connectivity index (χ0n) is 9.20. The molecule has 0 atom stereocenters. The number of methoxy groups -OCH3 is 1. The number of nitrogens with zero attached hydrogens (tertiary/aromatic N) is 1. The maximum atomic E-state index is 5.08. The van der Waals surface area contributed by atoms with Gasteiger partial charge in [0, 0.05) is 12.6 Å². The first kappa shape index (κ1) is 10.4. The Kier molecular flexibility index (Phi) is 3.56. The summed E-state index contributed by atoms with van der Waals surface area (Å²) in [6, 6.07) is 5.87. The molecule has 0 saturated heterocycles. The number of nitrogens with one attached hydrogen (secondary N) is 1. The summed E-state index contributed by atoms with van der Waals surface area (Å²) in [6.07, 6.45) is 4.18. The fourth-order valence-electron chi connectivity index (χ4n) is 1.77. The van der Waals surface area contributed by atoms with Crippen LogP contribution in [0.5, 0.6) is 5.88 Å². The Morgan fingerprint density at radius 1 is 1.47 bits per heavy atom. The van der Waals surface area contributed by atoms with E-state index in [4.69, 9.17) is 4.74 Å². The minimum atomic E-state index is 0.693. The lowest BCUT2D eigenvalue weighted by Crippen LogP contribution is -2.27. The summed E-state index contributed by atoms with van der Waals surface area (Å²) in [5, 5.41) is 3.44. The van der Waals surface area contributed by atoms with Crippen molar-refractivity contribution in [1.82, 2.24) is 10.3 Å². The monoisotopic (exact) mass is 206 g/mol. The minimum Gasteiger partial charge on any atom is -0.481 e.